The van der Waals surface area contributed by atoms with Gasteiger partial charge in [0.05, 0.1) is 24.1 Å². The van der Waals surface area contributed by atoms with E-state index in [2.05, 4.69) is 0 Å². The lowest BCUT2D eigenvalue weighted by Crippen LogP contribution is -2.47. The third kappa shape index (κ3) is 4.02. The minimum absolute atomic E-state index is 0.0585. The van der Waals surface area contributed by atoms with Crippen molar-refractivity contribution in [1.82, 2.24) is 9.80 Å². The van der Waals surface area contributed by atoms with Gasteiger partial charge in [-0.25, -0.2) is 4.79 Å². The zero-order valence-corrected chi connectivity index (χ0v) is 16.2. The summed E-state index contributed by atoms with van der Waals surface area (Å²) in [5.41, 5.74) is 0.449. The number of hydrogen-bond donors (Lipinski definition) is 2. The maximum atomic E-state index is 12.7. The first-order valence-corrected chi connectivity index (χ1v) is 9.67. The topological polar surface area (TPSA) is 90.3 Å². The van der Waals surface area contributed by atoms with Crippen LogP contribution < -0.4 is 0 Å². The molecule has 0 saturated carbocycles. The molecule has 0 aromatic carbocycles. The summed E-state index contributed by atoms with van der Waals surface area (Å²) in [6.07, 6.45) is -0.434. The summed E-state index contributed by atoms with van der Waals surface area (Å²) in [6, 6.07) is 1.84. The second-order valence-corrected chi connectivity index (χ2v) is 9.08. The molecular formula is C18H26N2O5S. The number of thiophene rings is 1. The fourth-order valence-corrected chi connectivity index (χ4v) is 4.42. The molecule has 7 nitrogen and oxygen atoms in total. The third-order valence-electron chi connectivity index (χ3n) is 4.70. The molecule has 1 saturated heterocycles. The number of carbonyl (C=O) groups excluding carboxylic acids is 2. The van der Waals surface area contributed by atoms with Crippen LogP contribution in [-0.2, 0) is 17.8 Å². The number of amides is 2. The average Bonchev–Trinajstić information content (AvgIpc) is 3.11. The zero-order chi connectivity index (χ0) is 19.1. The van der Waals surface area contributed by atoms with Gasteiger partial charge in [-0.3, -0.25) is 9.69 Å². The number of piperidine rings is 1. The molecule has 0 aliphatic carbocycles. The van der Waals surface area contributed by atoms with Crippen molar-refractivity contribution in [3.05, 3.63) is 21.4 Å². The highest BCUT2D eigenvalue weighted by atomic mass is 32.1. The fraction of sp³-hybridized carbons (Fsp3) is 0.667. The fourth-order valence-electron chi connectivity index (χ4n) is 3.26. The van der Waals surface area contributed by atoms with E-state index >= 15 is 0 Å². The Labute approximate surface area is 157 Å². The summed E-state index contributed by atoms with van der Waals surface area (Å²) in [6.45, 7) is 7.13. The smallest absolute Gasteiger partial charge is 0.410 e. The number of ether oxygens (including phenoxy) is 1. The maximum absolute atomic E-state index is 12.7. The van der Waals surface area contributed by atoms with E-state index in [1.165, 1.54) is 11.3 Å². The van der Waals surface area contributed by atoms with Gasteiger partial charge in [-0.1, -0.05) is 0 Å². The van der Waals surface area contributed by atoms with Crippen LogP contribution >= 0.6 is 11.3 Å². The van der Waals surface area contributed by atoms with E-state index in [1.54, 1.807) is 9.80 Å². The Kier molecular flexibility index (Phi) is 5.28. The number of carbonyl (C=O) groups is 2. The van der Waals surface area contributed by atoms with Crippen LogP contribution in [0.2, 0.25) is 0 Å². The van der Waals surface area contributed by atoms with Crippen molar-refractivity contribution in [2.45, 2.75) is 52.0 Å². The number of aliphatic hydroxyl groups excluding tert-OH is 2. The quantitative estimate of drug-likeness (QED) is 0.814. The Hall–Kier alpha value is -1.64. The second-order valence-electron chi connectivity index (χ2n) is 7.95. The van der Waals surface area contributed by atoms with Gasteiger partial charge in [0.1, 0.15) is 5.60 Å². The van der Waals surface area contributed by atoms with Crippen molar-refractivity contribution in [2.24, 2.45) is 5.92 Å². The number of β-amino-alcohol motifs (C(OH)–C–C–N with tert-alkyl or cyclic N) is 1. The minimum Gasteiger partial charge on any atom is -0.444 e. The monoisotopic (exact) mass is 382 g/mol. The van der Waals surface area contributed by atoms with Gasteiger partial charge in [0.15, 0.2) is 0 Å². The molecule has 3 heterocycles. The Balaban J connectivity index is 1.62. The lowest BCUT2D eigenvalue weighted by molar-refractivity contribution is 0.00105. The van der Waals surface area contributed by atoms with Crippen molar-refractivity contribution < 1.29 is 24.5 Å². The molecule has 2 amide bonds. The average molecular weight is 382 g/mol. The van der Waals surface area contributed by atoms with Gasteiger partial charge >= 0.3 is 6.09 Å². The van der Waals surface area contributed by atoms with E-state index in [4.69, 9.17) is 4.74 Å². The molecule has 2 unspecified atom stereocenters. The van der Waals surface area contributed by atoms with Gasteiger partial charge in [-0.05, 0) is 38.8 Å². The number of rotatable bonds is 2. The summed E-state index contributed by atoms with van der Waals surface area (Å²) in [5, 5.41) is 19.3. The van der Waals surface area contributed by atoms with Crippen LogP contribution in [0.1, 0.15) is 47.3 Å². The number of fused-ring (bicyclic) bond motifs is 1. The van der Waals surface area contributed by atoms with Crippen LogP contribution in [0, 0.1) is 5.92 Å². The Bertz CT molecular complexity index is 673. The van der Waals surface area contributed by atoms with Crippen molar-refractivity contribution >= 4 is 23.3 Å². The molecule has 8 heteroatoms. The van der Waals surface area contributed by atoms with Crippen molar-refractivity contribution in [1.29, 1.82) is 0 Å². The highest BCUT2D eigenvalue weighted by molar-refractivity contribution is 7.14. The summed E-state index contributed by atoms with van der Waals surface area (Å²) in [7, 11) is 0. The molecule has 2 atom stereocenters. The SMILES string of the molecule is CC(C)(C)OC(=O)N1Cc2cc(C(=O)N3CCC(CO)C(O)C3)sc2C1. The predicted molar refractivity (Wildman–Crippen MR) is 96.9 cm³/mol. The Morgan fingerprint density at radius 1 is 1.31 bits per heavy atom. The van der Waals surface area contributed by atoms with Gasteiger partial charge in [-0.15, -0.1) is 11.3 Å². The molecule has 1 aromatic rings. The number of nitrogens with zero attached hydrogens (tertiary/aromatic N) is 2. The van der Waals surface area contributed by atoms with Crippen LogP contribution in [-0.4, -0.2) is 63.4 Å². The van der Waals surface area contributed by atoms with E-state index in [0.717, 1.165) is 10.4 Å². The first-order valence-electron chi connectivity index (χ1n) is 8.85. The summed E-state index contributed by atoms with van der Waals surface area (Å²) in [4.78, 5) is 29.8. The van der Waals surface area contributed by atoms with Crippen molar-refractivity contribution in [2.75, 3.05) is 19.7 Å². The third-order valence-corrected chi connectivity index (χ3v) is 5.85. The second kappa shape index (κ2) is 7.17. The normalized spacial score (nSPS) is 23.1. The van der Waals surface area contributed by atoms with Gasteiger partial charge in [0.25, 0.3) is 5.91 Å². The van der Waals surface area contributed by atoms with E-state index in [9.17, 15) is 19.8 Å². The Morgan fingerprint density at radius 2 is 2.04 bits per heavy atom. The van der Waals surface area contributed by atoms with Crippen LogP contribution in [0.25, 0.3) is 0 Å². The first kappa shape index (κ1) is 19.1. The highest BCUT2D eigenvalue weighted by Gasteiger charge is 2.33. The molecular weight excluding hydrogens is 356 g/mol. The molecule has 2 aliphatic heterocycles. The van der Waals surface area contributed by atoms with Crippen molar-refractivity contribution in [3.63, 3.8) is 0 Å². The van der Waals surface area contributed by atoms with E-state index in [1.807, 2.05) is 26.8 Å². The van der Waals surface area contributed by atoms with E-state index < -0.39 is 11.7 Å². The molecule has 0 spiro atoms. The molecule has 1 aromatic heterocycles. The number of aliphatic hydroxyl groups is 2. The largest absolute Gasteiger partial charge is 0.444 e. The van der Waals surface area contributed by atoms with Gasteiger partial charge < -0.3 is 19.8 Å². The first-order chi connectivity index (χ1) is 12.2. The molecule has 0 radical (unpaired) electrons. The highest BCUT2D eigenvalue weighted by Crippen LogP contribution is 2.33. The molecule has 3 rings (SSSR count). The molecule has 26 heavy (non-hydrogen) atoms. The Morgan fingerprint density at radius 3 is 2.62 bits per heavy atom. The molecule has 144 valence electrons. The lowest BCUT2D eigenvalue weighted by Gasteiger charge is -2.34. The summed E-state index contributed by atoms with van der Waals surface area (Å²) >= 11 is 1.40. The zero-order valence-electron chi connectivity index (χ0n) is 15.4. The van der Waals surface area contributed by atoms with Gasteiger partial charge in [-0.2, -0.15) is 0 Å². The van der Waals surface area contributed by atoms with Crippen LogP contribution in [0.5, 0.6) is 0 Å². The summed E-state index contributed by atoms with van der Waals surface area (Å²) < 4.78 is 5.40. The summed E-state index contributed by atoms with van der Waals surface area (Å²) in [5.74, 6) is -0.251. The standard InChI is InChI=1S/C18H26N2O5S/c1-18(2,3)25-17(24)20-7-12-6-14(26-15(12)9-20)16(23)19-5-4-11(10-21)13(22)8-19/h6,11,13,21-22H,4-5,7-10H2,1-3H3. The van der Waals surface area contributed by atoms with Crippen LogP contribution in [0.15, 0.2) is 6.07 Å². The maximum Gasteiger partial charge on any atom is 0.410 e. The molecule has 1 fully saturated rings. The van der Waals surface area contributed by atoms with Gasteiger partial charge in [0.2, 0.25) is 0 Å². The van der Waals surface area contributed by atoms with E-state index in [-0.39, 0.29) is 31.1 Å². The number of hydrogen-bond acceptors (Lipinski definition) is 6. The molecule has 2 N–H and O–H groups in total. The molecule has 0 bridgehead atoms. The predicted octanol–water partition coefficient (Wildman–Crippen LogP) is 1.81. The lowest BCUT2D eigenvalue weighted by atomic mass is 9.95. The van der Waals surface area contributed by atoms with Crippen LogP contribution in [0.3, 0.4) is 0 Å². The van der Waals surface area contributed by atoms with E-state index in [0.29, 0.717) is 30.9 Å². The molecule has 2 aliphatic rings. The van der Waals surface area contributed by atoms with Gasteiger partial charge in [0, 0.05) is 30.5 Å². The minimum atomic E-state index is -0.688. The number of likely N-dealkylation sites (tertiary alicyclic amines) is 1. The van der Waals surface area contributed by atoms with Crippen LogP contribution in [0.4, 0.5) is 4.79 Å². The van der Waals surface area contributed by atoms with Crippen molar-refractivity contribution in [3.8, 4) is 0 Å².